The molecule has 20 heavy (non-hydrogen) atoms. The van der Waals surface area contributed by atoms with Crippen LogP contribution in [-0.2, 0) is 13.0 Å². The van der Waals surface area contributed by atoms with Crippen molar-refractivity contribution in [2.24, 2.45) is 0 Å². The van der Waals surface area contributed by atoms with Gasteiger partial charge in [-0.1, -0.05) is 18.2 Å². The molecule has 1 aromatic heterocycles. The predicted octanol–water partition coefficient (Wildman–Crippen LogP) is 3.08. The molecule has 0 aliphatic heterocycles. The molecule has 5 nitrogen and oxygen atoms in total. The fraction of sp³-hybridized carbons (Fsp3) is 0.214. The summed E-state index contributed by atoms with van der Waals surface area (Å²) in [6, 6.07) is 8.99. The van der Waals surface area contributed by atoms with Crippen molar-refractivity contribution in [1.29, 1.82) is 0 Å². The van der Waals surface area contributed by atoms with Crippen LogP contribution in [0.5, 0.6) is 0 Å². The van der Waals surface area contributed by atoms with Gasteiger partial charge in [-0.2, -0.15) is 0 Å². The first-order valence-corrected chi connectivity index (χ1v) is 6.99. The van der Waals surface area contributed by atoms with Crippen LogP contribution in [0.25, 0.3) is 0 Å². The Bertz CT molecular complexity index is 590. The minimum atomic E-state index is -0.386. The van der Waals surface area contributed by atoms with Crippen molar-refractivity contribution < 1.29 is 4.92 Å². The van der Waals surface area contributed by atoms with Gasteiger partial charge in [-0.3, -0.25) is 15.1 Å². The highest BCUT2D eigenvalue weighted by molar-refractivity contribution is 9.10. The van der Waals surface area contributed by atoms with E-state index in [4.69, 9.17) is 0 Å². The molecule has 0 saturated heterocycles. The zero-order valence-corrected chi connectivity index (χ0v) is 12.3. The Kier molecular flexibility index (Phi) is 5.20. The molecule has 1 N–H and O–H groups in total. The maximum atomic E-state index is 10.8. The molecule has 0 aliphatic rings. The normalized spacial score (nSPS) is 10.4. The Hall–Kier alpha value is -1.79. The van der Waals surface area contributed by atoms with E-state index in [1.54, 1.807) is 12.3 Å². The van der Waals surface area contributed by atoms with E-state index in [0.29, 0.717) is 11.0 Å². The number of rotatable bonds is 6. The van der Waals surface area contributed by atoms with Gasteiger partial charge in [0.1, 0.15) is 0 Å². The lowest BCUT2D eigenvalue weighted by Gasteiger charge is -2.07. The van der Waals surface area contributed by atoms with Gasteiger partial charge < -0.3 is 5.32 Å². The summed E-state index contributed by atoms with van der Waals surface area (Å²) >= 11 is 3.29. The summed E-state index contributed by atoms with van der Waals surface area (Å²) in [6.07, 6.45) is 4.46. The Labute approximate surface area is 125 Å². The molecule has 1 heterocycles. The first kappa shape index (κ1) is 14.6. The molecule has 0 atom stereocenters. The number of nitrogens with one attached hydrogen (secondary N) is 1. The van der Waals surface area contributed by atoms with Crippen LogP contribution in [-0.4, -0.2) is 16.5 Å². The maximum absolute atomic E-state index is 10.8. The standard InChI is InChI=1S/C14H14BrN3O2/c15-14-12(4-1-5-13(14)18(19)20)10-17-8-6-11-3-2-7-16-9-11/h1-5,7,9,17H,6,8,10H2. The van der Waals surface area contributed by atoms with Crippen LogP contribution in [0.1, 0.15) is 11.1 Å². The Balaban J connectivity index is 1.88. The molecule has 2 rings (SSSR count). The van der Waals surface area contributed by atoms with E-state index in [2.05, 4.69) is 26.2 Å². The third-order valence-electron chi connectivity index (χ3n) is 2.88. The third-order valence-corrected chi connectivity index (χ3v) is 3.80. The van der Waals surface area contributed by atoms with E-state index in [1.807, 2.05) is 24.4 Å². The quantitative estimate of drug-likeness (QED) is 0.500. The van der Waals surface area contributed by atoms with Crippen molar-refractivity contribution >= 4 is 21.6 Å². The third kappa shape index (κ3) is 3.85. The van der Waals surface area contributed by atoms with Crippen molar-refractivity contribution in [2.45, 2.75) is 13.0 Å². The van der Waals surface area contributed by atoms with Crippen LogP contribution in [0.2, 0.25) is 0 Å². The van der Waals surface area contributed by atoms with Crippen molar-refractivity contribution in [2.75, 3.05) is 6.54 Å². The molecule has 0 radical (unpaired) electrons. The van der Waals surface area contributed by atoms with Crippen molar-refractivity contribution in [3.8, 4) is 0 Å². The van der Waals surface area contributed by atoms with Crippen LogP contribution in [0.4, 0.5) is 5.69 Å². The van der Waals surface area contributed by atoms with Gasteiger partial charge in [-0.15, -0.1) is 0 Å². The minimum Gasteiger partial charge on any atom is -0.312 e. The molecule has 0 unspecified atom stereocenters. The Morgan fingerprint density at radius 1 is 1.30 bits per heavy atom. The smallest absolute Gasteiger partial charge is 0.283 e. The van der Waals surface area contributed by atoms with Gasteiger partial charge >= 0.3 is 0 Å². The summed E-state index contributed by atoms with van der Waals surface area (Å²) in [5, 5.41) is 14.1. The monoisotopic (exact) mass is 335 g/mol. The van der Waals surface area contributed by atoms with Crippen molar-refractivity contribution in [1.82, 2.24) is 10.3 Å². The van der Waals surface area contributed by atoms with Crippen LogP contribution in [0, 0.1) is 10.1 Å². The topological polar surface area (TPSA) is 68.1 Å². The second kappa shape index (κ2) is 7.12. The number of nitro groups is 1. The largest absolute Gasteiger partial charge is 0.312 e. The molecule has 104 valence electrons. The number of benzene rings is 1. The van der Waals surface area contributed by atoms with Gasteiger partial charge in [0.05, 0.1) is 9.40 Å². The average Bonchev–Trinajstić information content (AvgIpc) is 2.46. The first-order chi connectivity index (χ1) is 9.68. The SMILES string of the molecule is O=[N+]([O-])c1cccc(CNCCc2cccnc2)c1Br. The van der Waals surface area contributed by atoms with E-state index < -0.39 is 0 Å². The van der Waals surface area contributed by atoms with E-state index in [9.17, 15) is 10.1 Å². The molecule has 0 fully saturated rings. The lowest BCUT2D eigenvalue weighted by Crippen LogP contribution is -2.17. The molecule has 0 aliphatic carbocycles. The number of hydrogen-bond acceptors (Lipinski definition) is 4. The summed E-state index contributed by atoms with van der Waals surface area (Å²) in [4.78, 5) is 14.5. The highest BCUT2D eigenvalue weighted by Crippen LogP contribution is 2.27. The van der Waals surface area contributed by atoms with Gasteiger partial charge in [0.15, 0.2) is 0 Å². The van der Waals surface area contributed by atoms with Crippen LogP contribution >= 0.6 is 15.9 Å². The van der Waals surface area contributed by atoms with E-state index in [0.717, 1.165) is 24.1 Å². The van der Waals surface area contributed by atoms with Gasteiger partial charge in [0.25, 0.3) is 5.69 Å². The number of halogens is 1. The Morgan fingerprint density at radius 2 is 2.15 bits per heavy atom. The molecule has 2 aromatic rings. The molecule has 0 amide bonds. The van der Waals surface area contributed by atoms with Crippen molar-refractivity contribution in [3.05, 3.63) is 68.4 Å². The molecular formula is C14H14BrN3O2. The van der Waals surface area contributed by atoms with Crippen LogP contribution < -0.4 is 5.32 Å². The number of nitrogens with zero attached hydrogens (tertiary/aromatic N) is 2. The van der Waals surface area contributed by atoms with E-state index in [1.165, 1.54) is 6.07 Å². The summed E-state index contributed by atoms with van der Waals surface area (Å²) in [6.45, 7) is 1.38. The fourth-order valence-corrected chi connectivity index (χ4v) is 2.39. The number of nitro benzene ring substituents is 1. The number of hydrogen-bond donors (Lipinski definition) is 1. The molecule has 0 spiro atoms. The molecule has 0 saturated carbocycles. The lowest BCUT2D eigenvalue weighted by molar-refractivity contribution is -0.385. The molecule has 6 heteroatoms. The number of aromatic nitrogens is 1. The molecule has 1 aromatic carbocycles. The average molecular weight is 336 g/mol. The Morgan fingerprint density at radius 3 is 2.85 bits per heavy atom. The highest BCUT2D eigenvalue weighted by Gasteiger charge is 2.14. The van der Waals surface area contributed by atoms with Gasteiger partial charge in [-0.25, -0.2) is 0 Å². The summed E-state index contributed by atoms with van der Waals surface area (Å²) in [5.41, 5.74) is 2.14. The van der Waals surface area contributed by atoms with E-state index in [-0.39, 0.29) is 10.6 Å². The van der Waals surface area contributed by atoms with Crippen molar-refractivity contribution in [3.63, 3.8) is 0 Å². The summed E-state index contributed by atoms with van der Waals surface area (Å²) < 4.78 is 0.541. The molecular weight excluding hydrogens is 322 g/mol. The second-order valence-electron chi connectivity index (χ2n) is 4.30. The lowest BCUT2D eigenvalue weighted by atomic mass is 10.2. The second-order valence-corrected chi connectivity index (χ2v) is 5.09. The molecule has 0 bridgehead atoms. The number of pyridine rings is 1. The maximum Gasteiger partial charge on any atom is 0.283 e. The minimum absolute atomic E-state index is 0.0940. The zero-order valence-electron chi connectivity index (χ0n) is 10.8. The van der Waals surface area contributed by atoms with Crippen LogP contribution in [0.15, 0.2) is 47.2 Å². The first-order valence-electron chi connectivity index (χ1n) is 6.20. The predicted molar refractivity (Wildman–Crippen MR) is 80.4 cm³/mol. The zero-order chi connectivity index (χ0) is 14.4. The van der Waals surface area contributed by atoms with Gasteiger partial charge in [0.2, 0.25) is 0 Å². The van der Waals surface area contributed by atoms with Gasteiger partial charge in [-0.05, 0) is 46.1 Å². The van der Waals surface area contributed by atoms with E-state index >= 15 is 0 Å². The summed E-state index contributed by atoms with van der Waals surface area (Å²) in [7, 11) is 0. The van der Waals surface area contributed by atoms with Crippen LogP contribution in [0.3, 0.4) is 0 Å². The van der Waals surface area contributed by atoms with Gasteiger partial charge in [0, 0.05) is 25.0 Å². The highest BCUT2D eigenvalue weighted by atomic mass is 79.9. The summed E-state index contributed by atoms with van der Waals surface area (Å²) in [5.74, 6) is 0. The fourth-order valence-electron chi connectivity index (χ4n) is 1.85.